The fourth-order valence-electron chi connectivity index (χ4n) is 2.28. The highest BCUT2D eigenvalue weighted by atomic mass is 16.5. The zero-order valence-electron chi connectivity index (χ0n) is 15.7. The Labute approximate surface area is 162 Å². The molecule has 0 radical (unpaired) electrons. The first-order valence-electron chi connectivity index (χ1n) is 8.51. The van der Waals surface area contributed by atoms with Gasteiger partial charge in [0.1, 0.15) is 5.75 Å². The van der Waals surface area contributed by atoms with Crippen LogP contribution in [-0.4, -0.2) is 30.6 Å². The van der Waals surface area contributed by atoms with Gasteiger partial charge in [-0.25, -0.2) is 5.43 Å². The van der Waals surface area contributed by atoms with Crippen molar-refractivity contribution in [3.8, 4) is 5.75 Å². The summed E-state index contributed by atoms with van der Waals surface area (Å²) in [4.78, 5) is 34.9. The standard InChI is InChI=1S/C20H21N3O5/c1-4-28-17-8-6-14(20(26)27)10-15(17)11-21-23-19(25)18(24)22-16-7-5-12(2)13(3)9-16/h5-11H,4H2,1-3H3,(H,22,24)(H,23,25)(H,26,27)/p-1/b21-11-. The van der Waals surface area contributed by atoms with Gasteiger partial charge in [-0.3, -0.25) is 9.59 Å². The zero-order valence-corrected chi connectivity index (χ0v) is 15.7. The minimum atomic E-state index is -1.35. The number of carbonyl (C=O) groups excluding carboxylic acids is 3. The second-order valence-electron chi connectivity index (χ2n) is 5.93. The first-order chi connectivity index (χ1) is 13.3. The summed E-state index contributed by atoms with van der Waals surface area (Å²) in [5.74, 6) is -2.82. The van der Waals surface area contributed by atoms with Crippen LogP contribution < -0.4 is 20.6 Å². The number of hydrogen-bond donors (Lipinski definition) is 2. The lowest BCUT2D eigenvalue weighted by Crippen LogP contribution is -2.32. The predicted molar refractivity (Wildman–Crippen MR) is 102 cm³/mol. The van der Waals surface area contributed by atoms with E-state index >= 15 is 0 Å². The Balaban J connectivity index is 2.05. The lowest BCUT2D eigenvalue weighted by molar-refractivity contribution is -0.255. The quantitative estimate of drug-likeness (QED) is 0.441. The summed E-state index contributed by atoms with van der Waals surface area (Å²) in [6.45, 7) is 5.96. The van der Waals surface area contributed by atoms with Gasteiger partial charge in [-0.05, 0) is 67.8 Å². The molecule has 0 fully saturated rings. The molecular formula is C20H20N3O5-. The molecule has 0 spiro atoms. The lowest BCUT2D eigenvalue weighted by Gasteiger charge is -2.10. The van der Waals surface area contributed by atoms with Crippen LogP contribution in [0.4, 0.5) is 5.69 Å². The van der Waals surface area contributed by atoms with Crippen LogP contribution in [0.15, 0.2) is 41.5 Å². The molecule has 0 atom stereocenters. The number of nitrogens with one attached hydrogen (secondary N) is 2. The molecular weight excluding hydrogens is 362 g/mol. The van der Waals surface area contributed by atoms with Crippen molar-refractivity contribution in [3.63, 3.8) is 0 Å². The van der Waals surface area contributed by atoms with Crippen molar-refractivity contribution < 1.29 is 24.2 Å². The normalized spacial score (nSPS) is 10.5. The number of benzene rings is 2. The number of nitrogens with zero attached hydrogens (tertiary/aromatic N) is 1. The molecule has 0 aliphatic carbocycles. The fourth-order valence-corrected chi connectivity index (χ4v) is 2.28. The Kier molecular flexibility index (Phi) is 6.86. The molecule has 0 saturated carbocycles. The summed E-state index contributed by atoms with van der Waals surface area (Å²) in [7, 11) is 0. The molecule has 2 amide bonds. The Morgan fingerprint density at radius 3 is 2.46 bits per heavy atom. The summed E-state index contributed by atoms with van der Waals surface area (Å²) >= 11 is 0. The van der Waals surface area contributed by atoms with Gasteiger partial charge in [-0.1, -0.05) is 6.07 Å². The predicted octanol–water partition coefficient (Wildman–Crippen LogP) is 1.15. The van der Waals surface area contributed by atoms with Gasteiger partial charge in [-0.2, -0.15) is 5.10 Å². The van der Waals surface area contributed by atoms with Gasteiger partial charge in [0, 0.05) is 11.3 Å². The molecule has 0 unspecified atom stereocenters. The molecule has 2 N–H and O–H groups in total. The largest absolute Gasteiger partial charge is 0.545 e. The van der Waals surface area contributed by atoms with Crippen LogP contribution >= 0.6 is 0 Å². The maximum absolute atomic E-state index is 12.0. The minimum Gasteiger partial charge on any atom is -0.545 e. The molecule has 2 rings (SSSR count). The number of aromatic carboxylic acids is 1. The minimum absolute atomic E-state index is 0.0660. The Morgan fingerprint density at radius 2 is 1.82 bits per heavy atom. The number of rotatable bonds is 6. The van der Waals surface area contributed by atoms with Crippen molar-refractivity contribution in [2.75, 3.05) is 11.9 Å². The average Bonchev–Trinajstić information content (AvgIpc) is 2.65. The van der Waals surface area contributed by atoms with Crippen molar-refractivity contribution in [3.05, 3.63) is 58.7 Å². The van der Waals surface area contributed by atoms with Crippen molar-refractivity contribution >= 4 is 29.7 Å². The van der Waals surface area contributed by atoms with Crippen LogP contribution in [0.2, 0.25) is 0 Å². The molecule has 146 valence electrons. The number of carboxylic acids is 1. The SMILES string of the molecule is CCOc1ccc(C(=O)[O-])cc1/C=N\NC(=O)C(=O)Nc1ccc(C)c(C)c1. The molecule has 0 bridgehead atoms. The van der Waals surface area contributed by atoms with Gasteiger partial charge < -0.3 is 20.0 Å². The van der Waals surface area contributed by atoms with E-state index in [-0.39, 0.29) is 5.56 Å². The summed E-state index contributed by atoms with van der Waals surface area (Å²) in [5.41, 5.74) is 4.88. The van der Waals surface area contributed by atoms with Crippen molar-refractivity contribution in [2.24, 2.45) is 5.10 Å². The van der Waals surface area contributed by atoms with Crippen LogP contribution in [0.5, 0.6) is 5.75 Å². The second-order valence-corrected chi connectivity index (χ2v) is 5.93. The maximum Gasteiger partial charge on any atom is 0.329 e. The molecule has 8 nitrogen and oxygen atoms in total. The molecule has 0 aliphatic heterocycles. The monoisotopic (exact) mass is 382 g/mol. The van der Waals surface area contributed by atoms with E-state index in [1.807, 2.05) is 19.9 Å². The highest BCUT2D eigenvalue weighted by Gasteiger charge is 2.13. The number of hydrogen-bond acceptors (Lipinski definition) is 6. The van der Waals surface area contributed by atoms with Gasteiger partial charge in [0.05, 0.1) is 18.8 Å². The first-order valence-corrected chi connectivity index (χ1v) is 8.51. The van der Waals surface area contributed by atoms with E-state index in [0.29, 0.717) is 23.6 Å². The molecule has 8 heteroatoms. The number of hydrazone groups is 1. The lowest BCUT2D eigenvalue weighted by atomic mass is 10.1. The maximum atomic E-state index is 12.0. The van der Waals surface area contributed by atoms with E-state index in [4.69, 9.17) is 4.74 Å². The number of anilines is 1. The Morgan fingerprint density at radius 1 is 1.07 bits per heavy atom. The summed E-state index contributed by atoms with van der Waals surface area (Å²) in [6, 6.07) is 9.38. The van der Waals surface area contributed by atoms with Gasteiger partial charge >= 0.3 is 11.8 Å². The number of carbonyl (C=O) groups is 3. The third-order valence-corrected chi connectivity index (χ3v) is 3.89. The van der Waals surface area contributed by atoms with E-state index in [9.17, 15) is 19.5 Å². The molecule has 0 aromatic heterocycles. The highest BCUT2D eigenvalue weighted by Crippen LogP contribution is 2.18. The van der Waals surface area contributed by atoms with Crippen LogP contribution in [-0.2, 0) is 9.59 Å². The number of carboxylic acid groups (broad SMARTS) is 1. The fraction of sp³-hybridized carbons (Fsp3) is 0.200. The molecule has 2 aromatic carbocycles. The molecule has 0 saturated heterocycles. The molecule has 0 heterocycles. The van der Waals surface area contributed by atoms with Gasteiger partial charge in [0.25, 0.3) is 0 Å². The van der Waals surface area contributed by atoms with E-state index in [1.54, 1.807) is 19.1 Å². The van der Waals surface area contributed by atoms with Crippen LogP contribution in [0, 0.1) is 13.8 Å². The molecule has 0 aliphatic rings. The second kappa shape index (κ2) is 9.31. The van der Waals surface area contributed by atoms with Crippen LogP contribution in [0.25, 0.3) is 0 Å². The molecule has 28 heavy (non-hydrogen) atoms. The van der Waals surface area contributed by atoms with Gasteiger partial charge in [0.2, 0.25) is 0 Å². The third kappa shape index (κ3) is 5.41. The first kappa shape index (κ1) is 20.6. The molecule has 2 aromatic rings. The van der Waals surface area contributed by atoms with Crippen molar-refractivity contribution in [1.29, 1.82) is 0 Å². The van der Waals surface area contributed by atoms with Crippen molar-refractivity contribution in [2.45, 2.75) is 20.8 Å². The number of amides is 2. The van der Waals surface area contributed by atoms with E-state index < -0.39 is 17.8 Å². The van der Waals surface area contributed by atoms with Crippen LogP contribution in [0.3, 0.4) is 0 Å². The van der Waals surface area contributed by atoms with Crippen LogP contribution in [0.1, 0.15) is 34.0 Å². The number of ether oxygens (including phenoxy) is 1. The third-order valence-electron chi connectivity index (χ3n) is 3.89. The van der Waals surface area contributed by atoms with Gasteiger partial charge in [-0.15, -0.1) is 0 Å². The van der Waals surface area contributed by atoms with E-state index in [1.165, 1.54) is 24.4 Å². The highest BCUT2D eigenvalue weighted by molar-refractivity contribution is 6.39. The summed E-state index contributed by atoms with van der Waals surface area (Å²) < 4.78 is 5.38. The zero-order chi connectivity index (χ0) is 20.7. The topological polar surface area (TPSA) is 120 Å². The van der Waals surface area contributed by atoms with Crippen molar-refractivity contribution in [1.82, 2.24) is 5.43 Å². The Bertz CT molecular complexity index is 937. The number of aryl methyl sites for hydroxylation is 2. The smallest absolute Gasteiger partial charge is 0.329 e. The Hall–Kier alpha value is -3.68. The summed E-state index contributed by atoms with van der Waals surface area (Å²) in [5, 5.41) is 17.2. The summed E-state index contributed by atoms with van der Waals surface area (Å²) in [6.07, 6.45) is 1.19. The van der Waals surface area contributed by atoms with E-state index in [2.05, 4.69) is 15.8 Å². The van der Waals surface area contributed by atoms with E-state index in [0.717, 1.165) is 11.1 Å². The van der Waals surface area contributed by atoms with Gasteiger partial charge in [0.15, 0.2) is 0 Å². The average molecular weight is 382 g/mol.